The Balaban J connectivity index is 1.62. The topological polar surface area (TPSA) is 80.7 Å². The SMILES string of the molecule is CCc1cccc(C)c1NC(=O)/C(C#N)=C\NCCc1c[nH]c2ccccc12. The van der Waals surface area contributed by atoms with E-state index in [9.17, 15) is 10.1 Å². The Morgan fingerprint density at radius 3 is 2.79 bits per heavy atom. The Morgan fingerprint density at radius 1 is 1.18 bits per heavy atom. The van der Waals surface area contributed by atoms with Crippen LogP contribution < -0.4 is 10.6 Å². The Morgan fingerprint density at radius 2 is 2.00 bits per heavy atom. The molecule has 0 atom stereocenters. The molecule has 1 aromatic heterocycles. The molecule has 5 nitrogen and oxygen atoms in total. The average molecular weight is 372 g/mol. The molecule has 0 spiro atoms. The van der Waals surface area contributed by atoms with Crippen molar-refractivity contribution in [2.75, 3.05) is 11.9 Å². The number of para-hydroxylation sites is 2. The van der Waals surface area contributed by atoms with Gasteiger partial charge in [-0.3, -0.25) is 4.79 Å². The molecule has 0 saturated carbocycles. The summed E-state index contributed by atoms with van der Waals surface area (Å²) >= 11 is 0. The van der Waals surface area contributed by atoms with Gasteiger partial charge in [-0.25, -0.2) is 0 Å². The molecule has 0 aliphatic rings. The number of aryl methyl sites for hydroxylation is 2. The number of fused-ring (bicyclic) bond motifs is 1. The molecule has 28 heavy (non-hydrogen) atoms. The fourth-order valence-corrected chi connectivity index (χ4v) is 3.25. The summed E-state index contributed by atoms with van der Waals surface area (Å²) < 4.78 is 0. The Labute approximate surface area is 165 Å². The largest absolute Gasteiger partial charge is 0.389 e. The van der Waals surface area contributed by atoms with Gasteiger partial charge in [0.25, 0.3) is 5.91 Å². The Bertz CT molecular complexity index is 1060. The van der Waals surface area contributed by atoms with Gasteiger partial charge in [0.1, 0.15) is 11.6 Å². The number of hydrogen-bond donors (Lipinski definition) is 3. The third-order valence-corrected chi connectivity index (χ3v) is 4.80. The predicted molar refractivity (Wildman–Crippen MR) is 113 cm³/mol. The zero-order chi connectivity index (χ0) is 19.9. The van der Waals surface area contributed by atoms with Crippen LogP contribution in [0.3, 0.4) is 0 Å². The lowest BCUT2D eigenvalue weighted by atomic mass is 10.1. The standard InChI is InChI=1S/C23H24N4O/c1-3-17-8-6-7-16(2)22(17)27-23(28)19(13-24)14-25-12-11-18-15-26-21-10-5-4-9-20(18)21/h4-10,14-15,25-26H,3,11-12H2,1-2H3,(H,27,28)/b19-14-. The molecule has 2 aromatic carbocycles. The number of nitrogens with one attached hydrogen (secondary N) is 3. The van der Waals surface area contributed by atoms with Gasteiger partial charge in [0.15, 0.2) is 0 Å². The number of nitrogens with zero attached hydrogens (tertiary/aromatic N) is 1. The fraction of sp³-hybridized carbons (Fsp3) is 0.217. The first-order chi connectivity index (χ1) is 13.6. The first-order valence-corrected chi connectivity index (χ1v) is 9.42. The summed E-state index contributed by atoms with van der Waals surface area (Å²) in [4.78, 5) is 15.8. The van der Waals surface area contributed by atoms with E-state index in [4.69, 9.17) is 0 Å². The van der Waals surface area contributed by atoms with Crippen molar-refractivity contribution in [3.63, 3.8) is 0 Å². The maximum atomic E-state index is 12.5. The molecular weight excluding hydrogens is 348 g/mol. The smallest absolute Gasteiger partial charge is 0.267 e. The van der Waals surface area contributed by atoms with Crippen molar-refractivity contribution in [2.24, 2.45) is 0 Å². The molecule has 1 heterocycles. The summed E-state index contributed by atoms with van der Waals surface area (Å²) in [5.41, 5.74) is 5.19. The number of rotatable bonds is 7. The van der Waals surface area contributed by atoms with E-state index in [0.29, 0.717) is 6.54 Å². The molecular formula is C23H24N4O. The molecule has 3 aromatic rings. The number of amides is 1. The summed E-state index contributed by atoms with van der Waals surface area (Å²) in [5, 5.41) is 16.5. The van der Waals surface area contributed by atoms with Gasteiger partial charge < -0.3 is 15.6 Å². The second kappa shape index (κ2) is 8.92. The van der Waals surface area contributed by atoms with Crippen LogP contribution in [0.25, 0.3) is 10.9 Å². The van der Waals surface area contributed by atoms with E-state index in [1.165, 1.54) is 17.1 Å². The van der Waals surface area contributed by atoms with Crippen molar-refractivity contribution in [1.29, 1.82) is 5.26 Å². The van der Waals surface area contributed by atoms with Crippen LogP contribution in [0.5, 0.6) is 0 Å². The summed E-state index contributed by atoms with van der Waals surface area (Å²) in [6, 6.07) is 16.0. The summed E-state index contributed by atoms with van der Waals surface area (Å²) in [6.45, 7) is 4.62. The van der Waals surface area contributed by atoms with Crippen LogP contribution in [0.4, 0.5) is 5.69 Å². The van der Waals surface area contributed by atoms with Crippen LogP contribution in [0.2, 0.25) is 0 Å². The number of aromatic amines is 1. The highest BCUT2D eigenvalue weighted by atomic mass is 16.1. The molecule has 0 fully saturated rings. The van der Waals surface area contributed by atoms with Gasteiger partial charge in [0.05, 0.1) is 0 Å². The van der Waals surface area contributed by atoms with E-state index in [1.54, 1.807) is 0 Å². The molecule has 5 heteroatoms. The van der Waals surface area contributed by atoms with Crippen molar-refractivity contribution >= 4 is 22.5 Å². The molecule has 142 valence electrons. The number of carbonyl (C=O) groups excluding carboxylic acids is 1. The minimum Gasteiger partial charge on any atom is -0.389 e. The quantitative estimate of drug-likeness (QED) is 0.330. The molecule has 0 aliphatic carbocycles. The lowest BCUT2D eigenvalue weighted by Crippen LogP contribution is -2.19. The summed E-state index contributed by atoms with van der Waals surface area (Å²) in [6.07, 6.45) is 5.09. The molecule has 1 amide bonds. The van der Waals surface area contributed by atoms with Gasteiger partial charge in [-0.1, -0.05) is 43.3 Å². The number of nitriles is 1. The van der Waals surface area contributed by atoms with Crippen LogP contribution in [0.15, 0.2) is 60.4 Å². The van der Waals surface area contributed by atoms with Gasteiger partial charge in [-0.2, -0.15) is 5.26 Å². The number of aromatic nitrogens is 1. The first kappa shape index (κ1) is 19.2. The summed E-state index contributed by atoms with van der Waals surface area (Å²) in [5.74, 6) is -0.397. The highest BCUT2D eigenvalue weighted by Gasteiger charge is 2.13. The van der Waals surface area contributed by atoms with E-state index < -0.39 is 5.91 Å². The van der Waals surface area contributed by atoms with Crippen molar-refractivity contribution in [1.82, 2.24) is 10.3 Å². The minimum absolute atomic E-state index is 0.0595. The lowest BCUT2D eigenvalue weighted by molar-refractivity contribution is -0.112. The third kappa shape index (κ3) is 4.24. The van der Waals surface area contributed by atoms with Crippen LogP contribution in [-0.4, -0.2) is 17.4 Å². The van der Waals surface area contributed by atoms with Crippen LogP contribution in [0.1, 0.15) is 23.6 Å². The molecule has 0 bridgehead atoms. The molecule has 0 aliphatic heterocycles. The van der Waals surface area contributed by atoms with E-state index in [-0.39, 0.29) is 5.57 Å². The number of carbonyl (C=O) groups is 1. The second-order valence-electron chi connectivity index (χ2n) is 6.65. The van der Waals surface area contributed by atoms with Gasteiger partial charge in [0.2, 0.25) is 0 Å². The number of hydrogen-bond acceptors (Lipinski definition) is 3. The van der Waals surface area contributed by atoms with Crippen molar-refractivity contribution < 1.29 is 4.79 Å². The zero-order valence-electron chi connectivity index (χ0n) is 16.2. The number of benzene rings is 2. The van der Waals surface area contributed by atoms with E-state index >= 15 is 0 Å². The van der Waals surface area contributed by atoms with Gasteiger partial charge >= 0.3 is 0 Å². The Kier molecular flexibility index (Phi) is 6.13. The van der Waals surface area contributed by atoms with Crippen LogP contribution >= 0.6 is 0 Å². The Hall–Kier alpha value is -3.52. The second-order valence-corrected chi connectivity index (χ2v) is 6.65. The maximum Gasteiger partial charge on any atom is 0.267 e. The third-order valence-electron chi connectivity index (χ3n) is 4.80. The van der Waals surface area contributed by atoms with E-state index in [0.717, 1.165) is 35.2 Å². The van der Waals surface area contributed by atoms with Crippen LogP contribution in [-0.2, 0) is 17.6 Å². The molecule has 0 saturated heterocycles. The summed E-state index contributed by atoms with van der Waals surface area (Å²) in [7, 11) is 0. The number of anilines is 1. The molecule has 3 rings (SSSR count). The van der Waals surface area contributed by atoms with Crippen molar-refractivity contribution in [2.45, 2.75) is 26.7 Å². The normalized spacial score (nSPS) is 11.2. The van der Waals surface area contributed by atoms with Gasteiger partial charge in [-0.05, 0) is 42.5 Å². The first-order valence-electron chi connectivity index (χ1n) is 9.42. The van der Waals surface area contributed by atoms with Crippen molar-refractivity contribution in [3.8, 4) is 6.07 Å². The zero-order valence-corrected chi connectivity index (χ0v) is 16.2. The van der Waals surface area contributed by atoms with E-state index in [2.05, 4.69) is 21.7 Å². The molecule has 0 radical (unpaired) electrons. The maximum absolute atomic E-state index is 12.5. The fourth-order valence-electron chi connectivity index (χ4n) is 3.25. The minimum atomic E-state index is -0.397. The molecule has 0 unspecified atom stereocenters. The van der Waals surface area contributed by atoms with Crippen molar-refractivity contribution in [3.05, 3.63) is 77.1 Å². The predicted octanol–water partition coefficient (Wildman–Crippen LogP) is 4.22. The van der Waals surface area contributed by atoms with Gasteiger partial charge in [0, 0.05) is 35.5 Å². The van der Waals surface area contributed by atoms with Crippen LogP contribution in [0, 0.1) is 18.3 Å². The monoisotopic (exact) mass is 372 g/mol. The molecule has 3 N–H and O–H groups in total. The average Bonchev–Trinajstić information content (AvgIpc) is 3.12. The van der Waals surface area contributed by atoms with Gasteiger partial charge in [-0.15, -0.1) is 0 Å². The highest BCUT2D eigenvalue weighted by molar-refractivity contribution is 6.07. The lowest BCUT2D eigenvalue weighted by Gasteiger charge is -2.12. The number of H-pyrrole nitrogens is 1. The highest BCUT2D eigenvalue weighted by Crippen LogP contribution is 2.21. The van der Waals surface area contributed by atoms with E-state index in [1.807, 2.05) is 62.5 Å².